The van der Waals surface area contributed by atoms with Gasteiger partial charge in [-0.15, -0.1) is 0 Å². The first-order valence-corrected chi connectivity index (χ1v) is 8.16. The fraction of sp³-hybridized carbons (Fsp3) is 0.444. The van der Waals surface area contributed by atoms with E-state index in [-0.39, 0.29) is 18.2 Å². The van der Waals surface area contributed by atoms with E-state index in [0.29, 0.717) is 19.0 Å². The molecule has 0 atom stereocenters. The Bertz CT molecular complexity index is 633. The first kappa shape index (κ1) is 15.9. The SMILES string of the molecule is O=C(/C=C/c1ccc2c(c1)CN(C(=O)C1CCCC1)C2)CNO. The number of hydrogen-bond donors (Lipinski definition) is 2. The van der Waals surface area contributed by atoms with E-state index in [1.165, 1.54) is 24.5 Å². The molecule has 1 saturated carbocycles. The molecule has 122 valence electrons. The van der Waals surface area contributed by atoms with Crippen molar-refractivity contribution >= 4 is 17.8 Å². The second kappa shape index (κ2) is 7.06. The molecule has 0 radical (unpaired) electrons. The molecule has 1 aliphatic heterocycles. The molecule has 23 heavy (non-hydrogen) atoms. The summed E-state index contributed by atoms with van der Waals surface area (Å²) < 4.78 is 0. The highest BCUT2D eigenvalue weighted by Crippen LogP contribution is 2.31. The molecule has 0 bridgehead atoms. The average Bonchev–Trinajstić information content (AvgIpc) is 3.21. The molecular formula is C18H22N2O3. The number of carbonyl (C=O) groups is 2. The lowest BCUT2D eigenvalue weighted by Crippen LogP contribution is -2.30. The number of nitrogens with zero attached hydrogens (tertiary/aromatic N) is 1. The molecule has 1 fully saturated rings. The summed E-state index contributed by atoms with van der Waals surface area (Å²) in [5, 5.41) is 8.49. The highest BCUT2D eigenvalue weighted by molar-refractivity contribution is 5.95. The Morgan fingerprint density at radius 1 is 1.22 bits per heavy atom. The van der Waals surface area contributed by atoms with Gasteiger partial charge < -0.3 is 10.1 Å². The third kappa shape index (κ3) is 3.68. The van der Waals surface area contributed by atoms with Gasteiger partial charge >= 0.3 is 0 Å². The molecule has 1 aromatic rings. The van der Waals surface area contributed by atoms with E-state index in [4.69, 9.17) is 5.21 Å². The second-order valence-electron chi connectivity index (χ2n) is 6.34. The Hall–Kier alpha value is -1.98. The van der Waals surface area contributed by atoms with Crippen LogP contribution in [0.4, 0.5) is 0 Å². The van der Waals surface area contributed by atoms with Gasteiger partial charge in [0.15, 0.2) is 5.78 Å². The van der Waals surface area contributed by atoms with Gasteiger partial charge in [0, 0.05) is 19.0 Å². The van der Waals surface area contributed by atoms with Crippen LogP contribution in [0.5, 0.6) is 0 Å². The Kier molecular flexibility index (Phi) is 4.88. The zero-order valence-electron chi connectivity index (χ0n) is 13.1. The summed E-state index contributed by atoms with van der Waals surface area (Å²) >= 11 is 0. The predicted octanol–water partition coefficient (Wildman–Crippen LogP) is 2.28. The molecule has 5 nitrogen and oxygen atoms in total. The zero-order valence-corrected chi connectivity index (χ0v) is 13.1. The quantitative estimate of drug-likeness (QED) is 0.646. The fourth-order valence-electron chi connectivity index (χ4n) is 3.43. The van der Waals surface area contributed by atoms with Crippen LogP contribution in [0.2, 0.25) is 0 Å². The van der Waals surface area contributed by atoms with Gasteiger partial charge in [0.05, 0.1) is 6.54 Å². The molecule has 5 heteroatoms. The van der Waals surface area contributed by atoms with Crippen LogP contribution in [0.25, 0.3) is 6.08 Å². The Balaban J connectivity index is 1.66. The van der Waals surface area contributed by atoms with Crippen LogP contribution in [0.15, 0.2) is 24.3 Å². The third-order valence-corrected chi connectivity index (χ3v) is 4.68. The van der Waals surface area contributed by atoms with E-state index in [2.05, 4.69) is 0 Å². The minimum atomic E-state index is -0.189. The molecule has 1 aromatic carbocycles. The van der Waals surface area contributed by atoms with E-state index < -0.39 is 0 Å². The van der Waals surface area contributed by atoms with Crippen LogP contribution in [0.1, 0.15) is 42.4 Å². The molecule has 0 saturated heterocycles. The topological polar surface area (TPSA) is 69.6 Å². The van der Waals surface area contributed by atoms with Crippen LogP contribution >= 0.6 is 0 Å². The number of ketones is 1. The largest absolute Gasteiger partial charge is 0.334 e. The van der Waals surface area contributed by atoms with Gasteiger partial charge in [-0.2, -0.15) is 5.48 Å². The van der Waals surface area contributed by atoms with Crippen molar-refractivity contribution in [3.05, 3.63) is 41.0 Å². The van der Waals surface area contributed by atoms with E-state index in [1.807, 2.05) is 28.6 Å². The lowest BCUT2D eigenvalue weighted by molar-refractivity contribution is -0.136. The van der Waals surface area contributed by atoms with Gasteiger partial charge in [-0.05, 0) is 41.7 Å². The van der Waals surface area contributed by atoms with Crippen molar-refractivity contribution in [1.82, 2.24) is 10.4 Å². The number of amides is 1. The fourth-order valence-corrected chi connectivity index (χ4v) is 3.43. The maximum atomic E-state index is 12.5. The minimum absolute atomic E-state index is 0.0922. The summed E-state index contributed by atoms with van der Waals surface area (Å²) in [6.07, 6.45) is 7.58. The van der Waals surface area contributed by atoms with Crippen molar-refractivity contribution in [1.29, 1.82) is 0 Å². The highest BCUT2D eigenvalue weighted by Gasteiger charge is 2.30. The van der Waals surface area contributed by atoms with Crippen LogP contribution in [-0.4, -0.2) is 28.3 Å². The van der Waals surface area contributed by atoms with Crippen molar-refractivity contribution in [3.63, 3.8) is 0 Å². The number of hydroxylamine groups is 1. The maximum Gasteiger partial charge on any atom is 0.226 e. The van der Waals surface area contributed by atoms with Crippen molar-refractivity contribution in [2.24, 2.45) is 5.92 Å². The first-order chi connectivity index (χ1) is 11.2. The van der Waals surface area contributed by atoms with Crippen molar-refractivity contribution in [2.45, 2.75) is 38.8 Å². The molecule has 2 aliphatic rings. The number of benzene rings is 1. The number of nitrogens with one attached hydrogen (secondary N) is 1. The standard InChI is InChI=1S/C18H22N2O3/c21-17(10-19-23)8-6-13-5-7-15-11-20(12-16(15)9-13)18(22)14-3-1-2-4-14/h5-9,14,19,23H,1-4,10-12H2/b8-6+. The molecule has 0 unspecified atom stereocenters. The summed E-state index contributed by atoms with van der Waals surface area (Å²) in [5.41, 5.74) is 5.13. The molecule has 3 rings (SSSR count). The zero-order chi connectivity index (χ0) is 16.2. The maximum absolute atomic E-state index is 12.5. The lowest BCUT2D eigenvalue weighted by atomic mass is 10.1. The summed E-state index contributed by atoms with van der Waals surface area (Å²) in [5.74, 6) is 0.318. The second-order valence-corrected chi connectivity index (χ2v) is 6.34. The molecule has 2 N–H and O–H groups in total. The van der Waals surface area contributed by atoms with Crippen molar-refractivity contribution < 1.29 is 14.8 Å². The number of fused-ring (bicyclic) bond motifs is 1. The van der Waals surface area contributed by atoms with Gasteiger partial charge in [0.25, 0.3) is 0 Å². The Morgan fingerprint density at radius 3 is 2.70 bits per heavy atom. The van der Waals surface area contributed by atoms with Crippen LogP contribution in [-0.2, 0) is 22.7 Å². The van der Waals surface area contributed by atoms with Crippen LogP contribution in [0, 0.1) is 5.92 Å². The number of hydrogen-bond acceptors (Lipinski definition) is 4. The summed E-state index contributed by atoms with van der Waals surface area (Å²) in [6, 6.07) is 6.03. The minimum Gasteiger partial charge on any atom is -0.334 e. The number of rotatable bonds is 5. The molecular weight excluding hydrogens is 292 g/mol. The summed E-state index contributed by atoms with van der Waals surface area (Å²) in [7, 11) is 0. The number of carbonyl (C=O) groups excluding carboxylic acids is 2. The van der Waals surface area contributed by atoms with Crippen molar-refractivity contribution in [3.8, 4) is 0 Å². The monoisotopic (exact) mass is 314 g/mol. The molecule has 1 aliphatic carbocycles. The Morgan fingerprint density at radius 2 is 1.96 bits per heavy atom. The van der Waals surface area contributed by atoms with Crippen LogP contribution < -0.4 is 5.48 Å². The molecule has 0 spiro atoms. The van der Waals surface area contributed by atoms with E-state index >= 15 is 0 Å². The summed E-state index contributed by atoms with van der Waals surface area (Å²) in [4.78, 5) is 25.9. The normalized spacial score (nSPS) is 17.9. The predicted molar refractivity (Wildman–Crippen MR) is 86.5 cm³/mol. The van der Waals surface area contributed by atoms with Gasteiger partial charge in [0.2, 0.25) is 5.91 Å². The molecule has 0 aromatic heterocycles. The Labute approximate surface area is 135 Å². The van der Waals surface area contributed by atoms with E-state index in [1.54, 1.807) is 6.08 Å². The van der Waals surface area contributed by atoms with Gasteiger partial charge in [-0.1, -0.05) is 31.1 Å². The lowest BCUT2D eigenvalue weighted by Gasteiger charge is -2.19. The van der Waals surface area contributed by atoms with Gasteiger partial charge in [-0.25, -0.2) is 0 Å². The van der Waals surface area contributed by atoms with Crippen molar-refractivity contribution in [2.75, 3.05) is 6.54 Å². The highest BCUT2D eigenvalue weighted by atomic mass is 16.5. The van der Waals surface area contributed by atoms with Gasteiger partial charge in [-0.3, -0.25) is 9.59 Å². The smallest absolute Gasteiger partial charge is 0.226 e. The molecule has 1 heterocycles. The van der Waals surface area contributed by atoms with Gasteiger partial charge in [0.1, 0.15) is 0 Å². The summed E-state index contributed by atoms with van der Waals surface area (Å²) in [6.45, 7) is 1.27. The third-order valence-electron chi connectivity index (χ3n) is 4.68. The van der Waals surface area contributed by atoms with E-state index in [9.17, 15) is 9.59 Å². The molecule has 1 amide bonds. The average molecular weight is 314 g/mol. The van der Waals surface area contributed by atoms with Crippen LogP contribution in [0.3, 0.4) is 0 Å². The van der Waals surface area contributed by atoms with E-state index in [0.717, 1.165) is 24.0 Å². The first-order valence-electron chi connectivity index (χ1n) is 8.16.